The number of aromatic nitrogens is 2. The summed E-state index contributed by atoms with van der Waals surface area (Å²) in [5.41, 5.74) is 4.38. The van der Waals surface area contributed by atoms with E-state index in [4.69, 9.17) is 28.2 Å². The molecule has 0 bridgehead atoms. The number of nitrogens with zero attached hydrogens (tertiary/aromatic N) is 2. The Morgan fingerprint density at radius 3 is 2.52 bits per heavy atom. The Kier molecular flexibility index (Phi) is 3.16. The van der Waals surface area contributed by atoms with E-state index in [0.29, 0.717) is 11.9 Å². The highest BCUT2D eigenvalue weighted by molar-refractivity contribution is 6.31. The molecule has 1 heterocycles. The molecule has 1 saturated carbocycles. The average molecular weight is 317 g/mol. The number of alkyl halides is 1. The molecule has 4 rings (SSSR count). The van der Waals surface area contributed by atoms with E-state index in [1.807, 2.05) is 12.1 Å². The molecule has 0 unspecified atom stereocenters. The van der Waals surface area contributed by atoms with Crippen LogP contribution in [0.4, 0.5) is 0 Å². The van der Waals surface area contributed by atoms with Crippen LogP contribution in [-0.2, 0) is 5.88 Å². The van der Waals surface area contributed by atoms with Crippen LogP contribution in [0.15, 0.2) is 42.5 Å². The van der Waals surface area contributed by atoms with Crippen LogP contribution in [-0.4, -0.2) is 9.55 Å². The van der Waals surface area contributed by atoms with Crippen molar-refractivity contribution < 1.29 is 0 Å². The summed E-state index contributed by atoms with van der Waals surface area (Å²) in [4.78, 5) is 4.81. The van der Waals surface area contributed by atoms with Crippen molar-refractivity contribution in [1.82, 2.24) is 9.55 Å². The van der Waals surface area contributed by atoms with Crippen LogP contribution < -0.4 is 0 Å². The molecule has 2 nitrogen and oxygen atoms in total. The predicted molar refractivity (Wildman–Crippen MR) is 88.0 cm³/mol. The van der Waals surface area contributed by atoms with Gasteiger partial charge in [0.15, 0.2) is 0 Å². The molecule has 2 aromatic carbocycles. The molecule has 0 N–H and O–H groups in total. The molecular formula is C17H14Cl2N2. The van der Waals surface area contributed by atoms with Crippen LogP contribution in [0.2, 0.25) is 5.02 Å². The first-order valence-corrected chi connectivity index (χ1v) is 8.00. The lowest BCUT2D eigenvalue weighted by molar-refractivity contribution is 0.775. The number of hydrogen-bond acceptors (Lipinski definition) is 1. The number of rotatable bonds is 3. The van der Waals surface area contributed by atoms with Crippen molar-refractivity contribution >= 4 is 34.2 Å². The number of benzene rings is 2. The SMILES string of the molecule is ClCc1ccc(-c2nc3cc(Cl)ccc3n2C2CC2)cc1. The van der Waals surface area contributed by atoms with Crippen molar-refractivity contribution in [2.75, 3.05) is 0 Å². The van der Waals surface area contributed by atoms with Gasteiger partial charge in [0.25, 0.3) is 0 Å². The summed E-state index contributed by atoms with van der Waals surface area (Å²) in [5.74, 6) is 1.56. The highest BCUT2D eigenvalue weighted by atomic mass is 35.5. The molecule has 0 aliphatic heterocycles. The third kappa shape index (κ3) is 2.33. The number of halogens is 2. The Balaban J connectivity index is 1.91. The summed E-state index contributed by atoms with van der Waals surface area (Å²) in [7, 11) is 0. The fourth-order valence-electron chi connectivity index (χ4n) is 2.72. The van der Waals surface area contributed by atoms with Crippen LogP contribution >= 0.6 is 23.2 Å². The largest absolute Gasteiger partial charge is 0.321 e. The Hall–Kier alpha value is -1.51. The minimum absolute atomic E-state index is 0.537. The summed E-state index contributed by atoms with van der Waals surface area (Å²) in [5, 5.41) is 0.729. The van der Waals surface area contributed by atoms with E-state index in [0.717, 1.165) is 27.5 Å². The second-order valence-electron chi connectivity index (χ2n) is 5.50. The van der Waals surface area contributed by atoms with Crippen LogP contribution in [0.3, 0.4) is 0 Å². The monoisotopic (exact) mass is 316 g/mol. The number of fused-ring (bicyclic) bond motifs is 1. The van der Waals surface area contributed by atoms with Crippen molar-refractivity contribution in [3.8, 4) is 11.4 Å². The second-order valence-corrected chi connectivity index (χ2v) is 6.20. The molecule has 106 valence electrons. The van der Waals surface area contributed by atoms with Crippen molar-refractivity contribution in [3.63, 3.8) is 0 Å². The lowest BCUT2D eigenvalue weighted by atomic mass is 10.1. The van der Waals surface area contributed by atoms with Crippen LogP contribution in [0, 0.1) is 0 Å². The summed E-state index contributed by atoms with van der Waals surface area (Å²) >= 11 is 12.0. The van der Waals surface area contributed by atoms with Gasteiger partial charge in [0.1, 0.15) is 5.82 Å². The third-order valence-corrected chi connectivity index (χ3v) is 4.47. The smallest absolute Gasteiger partial charge is 0.141 e. The summed E-state index contributed by atoms with van der Waals surface area (Å²) in [6, 6.07) is 14.8. The van der Waals surface area contributed by atoms with Crippen molar-refractivity contribution in [2.45, 2.75) is 24.8 Å². The molecule has 0 atom stereocenters. The van der Waals surface area contributed by atoms with Gasteiger partial charge in [-0.05, 0) is 36.6 Å². The first-order chi connectivity index (χ1) is 10.3. The molecule has 21 heavy (non-hydrogen) atoms. The van der Waals surface area contributed by atoms with Crippen molar-refractivity contribution in [3.05, 3.63) is 53.1 Å². The van der Waals surface area contributed by atoms with Gasteiger partial charge in [0, 0.05) is 22.5 Å². The van der Waals surface area contributed by atoms with Crippen LogP contribution in [0.1, 0.15) is 24.4 Å². The van der Waals surface area contributed by atoms with E-state index < -0.39 is 0 Å². The van der Waals surface area contributed by atoms with Gasteiger partial charge in [-0.25, -0.2) is 4.98 Å². The van der Waals surface area contributed by atoms with E-state index >= 15 is 0 Å². The van der Waals surface area contributed by atoms with Gasteiger partial charge < -0.3 is 4.57 Å². The minimum Gasteiger partial charge on any atom is -0.321 e. The fraction of sp³-hybridized carbons (Fsp3) is 0.235. The first kappa shape index (κ1) is 13.2. The zero-order chi connectivity index (χ0) is 14.4. The standard InChI is InChI=1S/C17H14Cl2N2/c18-10-11-1-3-12(4-2-11)17-20-15-9-13(19)5-8-16(15)21(17)14-6-7-14/h1-5,8-9,14H,6-7,10H2. The minimum atomic E-state index is 0.537. The van der Waals surface area contributed by atoms with Crippen molar-refractivity contribution in [1.29, 1.82) is 0 Å². The average Bonchev–Trinajstić information content (AvgIpc) is 3.28. The maximum Gasteiger partial charge on any atom is 0.141 e. The molecule has 3 aromatic rings. The molecule has 0 amide bonds. The van der Waals surface area contributed by atoms with Gasteiger partial charge in [0.2, 0.25) is 0 Å². The molecule has 1 aliphatic rings. The zero-order valence-electron chi connectivity index (χ0n) is 11.4. The molecule has 1 aliphatic carbocycles. The highest BCUT2D eigenvalue weighted by Crippen LogP contribution is 2.41. The van der Waals surface area contributed by atoms with Crippen LogP contribution in [0.25, 0.3) is 22.4 Å². The van der Waals surface area contributed by atoms with E-state index in [9.17, 15) is 0 Å². The Bertz CT molecular complexity index is 802. The topological polar surface area (TPSA) is 17.8 Å². The molecule has 1 aromatic heterocycles. The summed E-state index contributed by atoms with van der Waals surface area (Å²) in [6.45, 7) is 0. The van der Waals surface area contributed by atoms with Gasteiger partial charge in [0.05, 0.1) is 11.0 Å². The lowest BCUT2D eigenvalue weighted by Gasteiger charge is -2.08. The lowest BCUT2D eigenvalue weighted by Crippen LogP contribution is -1.97. The van der Waals surface area contributed by atoms with E-state index in [1.54, 1.807) is 0 Å². The Morgan fingerprint density at radius 2 is 1.86 bits per heavy atom. The third-order valence-electron chi connectivity index (χ3n) is 3.93. The maximum atomic E-state index is 6.10. The molecule has 0 radical (unpaired) electrons. The zero-order valence-corrected chi connectivity index (χ0v) is 12.9. The van der Waals surface area contributed by atoms with E-state index in [-0.39, 0.29) is 0 Å². The van der Waals surface area contributed by atoms with Gasteiger partial charge in [-0.15, -0.1) is 11.6 Å². The fourth-order valence-corrected chi connectivity index (χ4v) is 3.07. The summed E-state index contributed by atoms with van der Waals surface area (Å²) in [6.07, 6.45) is 2.45. The van der Waals surface area contributed by atoms with Crippen LogP contribution in [0.5, 0.6) is 0 Å². The quantitative estimate of drug-likeness (QED) is 0.589. The molecule has 4 heteroatoms. The molecule has 0 spiro atoms. The van der Waals surface area contributed by atoms with Gasteiger partial charge in [-0.1, -0.05) is 35.9 Å². The highest BCUT2D eigenvalue weighted by Gasteiger charge is 2.28. The maximum absolute atomic E-state index is 6.10. The summed E-state index contributed by atoms with van der Waals surface area (Å²) < 4.78 is 2.35. The van der Waals surface area contributed by atoms with E-state index in [1.165, 1.54) is 18.4 Å². The Labute approximate surface area is 133 Å². The van der Waals surface area contributed by atoms with Gasteiger partial charge >= 0.3 is 0 Å². The van der Waals surface area contributed by atoms with Crippen molar-refractivity contribution in [2.24, 2.45) is 0 Å². The number of imidazole rings is 1. The predicted octanol–water partition coefficient (Wildman–Crippen LogP) is 5.43. The number of hydrogen-bond donors (Lipinski definition) is 0. The molecule has 0 saturated heterocycles. The normalized spacial score (nSPS) is 14.8. The second kappa shape index (κ2) is 5.04. The first-order valence-electron chi connectivity index (χ1n) is 7.09. The van der Waals surface area contributed by atoms with Gasteiger partial charge in [-0.3, -0.25) is 0 Å². The molecule has 1 fully saturated rings. The Morgan fingerprint density at radius 1 is 1.10 bits per heavy atom. The van der Waals surface area contributed by atoms with Gasteiger partial charge in [-0.2, -0.15) is 0 Å². The molecular weight excluding hydrogens is 303 g/mol. The van der Waals surface area contributed by atoms with E-state index in [2.05, 4.69) is 34.9 Å².